The molecule has 1 aromatic carbocycles. The van der Waals surface area contributed by atoms with Crippen LogP contribution in [0.4, 0.5) is 4.39 Å². The van der Waals surface area contributed by atoms with E-state index in [9.17, 15) is 14.0 Å². The van der Waals surface area contributed by atoms with Crippen LogP contribution in [0.15, 0.2) is 41.0 Å². The minimum absolute atomic E-state index is 0.134. The van der Waals surface area contributed by atoms with Crippen LogP contribution in [0.1, 0.15) is 32.9 Å². The van der Waals surface area contributed by atoms with Crippen LogP contribution in [-0.2, 0) is 0 Å². The molecule has 5 nitrogen and oxygen atoms in total. The molecule has 1 aliphatic heterocycles. The highest BCUT2D eigenvalue weighted by Gasteiger charge is 2.24. The number of nitrogens with zero attached hydrogens (tertiary/aromatic N) is 2. The summed E-state index contributed by atoms with van der Waals surface area (Å²) in [6.45, 7) is 3.68. The summed E-state index contributed by atoms with van der Waals surface area (Å²) in [7, 11) is 0. The first-order valence-electron chi connectivity index (χ1n) is 7.94. The number of rotatable bonds is 2. The van der Waals surface area contributed by atoms with Gasteiger partial charge in [-0.25, -0.2) is 4.39 Å². The van der Waals surface area contributed by atoms with E-state index in [-0.39, 0.29) is 17.6 Å². The van der Waals surface area contributed by atoms with Crippen LogP contribution in [0.25, 0.3) is 0 Å². The summed E-state index contributed by atoms with van der Waals surface area (Å²) in [4.78, 5) is 28.3. The smallest absolute Gasteiger partial charge is 0.289 e. The van der Waals surface area contributed by atoms with E-state index in [2.05, 4.69) is 0 Å². The molecule has 2 heterocycles. The molecule has 6 heteroatoms. The van der Waals surface area contributed by atoms with Crippen molar-refractivity contribution in [2.75, 3.05) is 26.2 Å². The summed E-state index contributed by atoms with van der Waals surface area (Å²) >= 11 is 0. The molecule has 126 valence electrons. The van der Waals surface area contributed by atoms with Crippen molar-refractivity contribution in [3.05, 3.63) is 59.3 Å². The minimum Gasteiger partial charge on any atom is -0.459 e. The lowest BCUT2D eigenvalue weighted by Gasteiger charge is -2.22. The zero-order valence-corrected chi connectivity index (χ0v) is 13.5. The summed E-state index contributed by atoms with van der Waals surface area (Å²) in [5.74, 6) is -0.307. The molecular weight excluding hydrogens is 311 g/mol. The molecule has 1 aromatic heterocycles. The Morgan fingerprint density at radius 1 is 1.04 bits per heavy atom. The Kier molecular flexibility index (Phi) is 4.64. The number of carbonyl (C=O) groups is 2. The Morgan fingerprint density at radius 2 is 1.75 bits per heavy atom. The first kappa shape index (κ1) is 16.2. The summed E-state index contributed by atoms with van der Waals surface area (Å²) in [5, 5.41) is 0. The molecule has 3 rings (SSSR count). The van der Waals surface area contributed by atoms with E-state index >= 15 is 0 Å². The summed E-state index contributed by atoms with van der Waals surface area (Å²) in [6.07, 6.45) is 2.16. The number of carbonyl (C=O) groups excluding carboxylic acids is 2. The second kappa shape index (κ2) is 6.86. The normalized spacial score (nSPS) is 15.2. The Balaban J connectivity index is 1.67. The second-order valence-electron chi connectivity index (χ2n) is 5.88. The van der Waals surface area contributed by atoms with Crippen molar-refractivity contribution in [2.45, 2.75) is 13.3 Å². The highest BCUT2D eigenvalue weighted by Crippen LogP contribution is 2.15. The topological polar surface area (TPSA) is 53.8 Å². The van der Waals surface area contributed by atoms with Crippen molar-refractivity contribution in [3.63, 3.8) is 0 Å². The number of halogens is 1. The molecule has 0 N–H and O–H groups in total. The van der Waals surface area contributed by atoms with Gasteiger partial charge in [-0.2, -0.15) is 0 Å². The first-order chi connectivity index (χ1) is 11.6. The fraction of sp³-hybridized carbons (Fsp3) is 0.333. The van der Waals surface area contributed by atoms with Gasteiger partial charge in [0, 0.05) is 31.7 Å². The van der Waals surface area contributed by atoms with Gasteiger partial charge in [0.15, 0.2) is 5.76 Å². The van der Waals surface area contributed by atoms with Crippen LogP contribution in [0.2, 0.25) is 0 Å². The van der Waals surface area contributed by atoms with Crippen molar-refractivity contribution in [1.29, 1.82) is 0 Å². The SMILES string of the molecule is Cc1cc(C(=O)N2CCCN(C(=O)c3ccco3)CC2)ccc1F. The lowest BCUT2D eigenvalue weighted by molar-refractivity contribution is 0.0700. The van der Waals surface area contributed by atoms with Crippen molar-refractivity contribution in [1.82, 2.24) is 9.80 Å². The van der Waals surface area contributed by atoms with Crippen LogP contribution in [0.3, 0.4) is 0 Å². The maximum Gasteiger partial charge on any atom is 0.289 e. The fourth-order valence-electron chi connectivity index (χ4n) is 2.84. The third-order valence-electron chi connectivity index (χ3n) is 4.21. The number of benzene rings is 1. The summed E-state index contributed by atoms with van der Waals surface area (Å²) < 4.78 is 18.5. The Bertz CT molecular complexity index is 743. The quantitative estimate of drug-likeness (QED) is 0.851. The van der Waals surface area contributed by atoms with Gasteiger partial charge in [-0.05, 0) is 49.2 Å². The van der Waals surface area contributed by atoms with Gasteiger partial charge in [-0.3, -0.25) is 9.59 Å². The Morgan fingerprint density at radius 3 is 2.38 bits per heavy atom. The molecule has 0 saturated carbocycles. The van der Waals surface area contributed by atoms with E-state index in [4.69, 9.17) is 4.42 Å². The number of hydrogen-bond donors (Lipinski definition) is 0. The molecule has 0 bridgehead atoms. The van der Waals surface area contributed by atoms with Crippen molar-refractivity contribution < 1.29 is 18.4 Å². The Hall–Kier alpha value is -2.63. The summed E-state index contributed by atoms with van der Waals surface area (Å²) in [5.41, 5.74) is 0.921. The van der Waals surface area contributed by atoms with Gasteiger partial charge < -0.3 is 14.2 Å². The van der Waals surface area contributed by atoms with Crippen molar-refractivity contribution >= 4 is 11.8 Å². The van der Waals surface area contributed by atoms with Crippen LogP contribution < -0.4 is 0 Å². The summed E-state index contributed by atoms with van der Waals surface area (Å²) in [6, 6.07) is 7.69. The molecular formula is C18H19FN2O3. The van der Waals surface area contributed by atoms with Crippen molar-refractivity contribution in [2.24, 2.45) is 0 Å². The zero-order chi connectivity index (χ0) is 17.1. The van der Waals surface area contributed by atoms with E-state index < -0.39 is 0 Å². The molecule has 2 aromatic rings. The minimum atomic E-state index is -0.322. The average Bonchev–Trinajstić information content (AvgIpc) is 3.00. The molecule has 0 unspecified atom stereocenters. The van der Waals surface area contributed by atoms with Gasteiger partial charge in [-0.15, -0.1) is 0 Å². The number of hydrogen-bond acceptors (Lipinski definition) is 3. The molecule has 0 radical (unpaired) electrons. The lowest BCUT2D eigenvalue weighted by Crippen LogP contribution is -2.37. The third-order valence-corrected chi connectivity index (χ3v) is 4.21. The van der Waals surface area contributed by atoms with Gasteiger partial charge >= 0.3 is 0 Å². The second-order valence-corrected chi connectivity index (χ2v) is 5.88. The van der Waals surface area contributed by atoms with Gasteiger partial charge in [0.2, 0.25) is 0 Å². The van der Waals surface area contributed by atoms with E-state index in [0.717, 1.165) is 0 Å². The van der Waals surface area contributed by atoms with E-state index in [0.29, 0.717) is 49.5 Å². The van der Waals surface area contributed by atoms with Gasteiger partial charge in [0.05, 0.1) is 6.26 Å². The molecule has 1 fully saturated rings. The molecule has 0 atom stereocenters. The third kappa shape index (κ3) is 3.32. The lowest BCUT2D eigenvalue weighted by atomic mass is 10.1. The highest BCUT2D eigenvalue weighted by atomic mass is 19.1. The van der Waals surface area contributed by atoms with Gasteiger partial charge in [0.25, 0.3) is 11.8 Å². The highest BCUT2D eigenvalue weighted by molar-refractivity contribution is 5.94. The molecule has 2 amide bonds. The molecule has 24 heavy (non-hydrogen) atoms. The number of amides is 2. The van der Waals surface area contributed by atoms with Gasteiger partial charge in [-0.1, -0.05) is 0 Å². The largest absolute Gasteiger partial charge is 0.459 e. The standard InChI is InChI=1S/C18H19FN2O3/c1-13-12-14(5-6-15(13)19)17(22)20-7-3-8-21(10-9-20)18(23)16-4-2-11-24-16/h2,4-6,11-12H,3,7-10H2,1H3. The van der Waals surface area contributed by atoms with Crippen molar-refractivity contribution in [3.8, 4) is 0 Å². The van der Waals surface area contributed by atoms with Crippen LogP contribution in [-0.4, -0.2) is 47.8 Å². The average molecular weight is 330 g/mol. The maximum absolute atomic E-state index is 13.4. The molecule has 0 spiro atoms. The fourth-order valence-corrected chi connectivity index (χ4v) is 2.84. The van der Waals surface area contributed by atoms with E-state index in [1.807, 2.05) is 0 Å². The first-order valence-corrected chi connectivity index (χ1v) is 7.94. The maximum atomic E-state index is 13.4. The van der Waals surface area contributed by atoms with E-state index in [1.165, 1.54) is 18.4 Å². The molecule has 1 saturated heterocycles. The van der Waals surface area contributed by atoms with Crippen LogP contribution in [0, 0.1) is 12.7 Å². The monoisotopic (exact) mass is 330 g/mol. The predicted molar refractivity (Wildman–Crippen MR) is 86.3 cm³/mol. The number of furan rings is 1. The van der Waals surface area contributed by atoms with E-state index in [1.54, 1.807) is 34.9 Å². The predicted octanol–water partition coefficient (Wildman–Crippen LogP) is 2.72. The number of aryl methyl sites for hydroxylation is 1. The van der Waals surface area contributed by atoms with Gasteiger partial charge in [0.1, 0.15) is 5.82 Å². The van der Waals surface area contributed by atoms with Crippen LogP contribution >= 0.6 is 0 Å². The molecule has 1 aliphatic rings. The molecule has 0 aliphatic carbocycles. The zero-order valence-electron chi connectivity index (χ0n) is 13.5. The van der Waals surface area contributed by atoms with Crippen LogP contribution in [0.5, 0.6) is 0 Å². The Labute approximate surface area is 139 Å².